The largest absolute Gasteiger partial charge is 0.481 e. The zero-order chi connectivity index (χ0) is 20.1. The molecule has 5 nitrogen and oxygen atoms in total. The molecule has 2 aromatic carbocycles. The molecule has 0 aromatic heterocycles. The van der Waals surface area contributed by atoms with Gasteiger partial charge in [0.2, 0.25) is 0 Å². The molecular formula is C21H22ClFN2O3. The fourth-order valence-corrected chi connectivity index (χ4v) is 3.38. The first-order chi connectivity index (χ1) is 13.5. The highest BCUT2D eigenvalue weighted by Gasteiger charge is 2.27. The summed E-state index contributed by atoms with van der Waals surface area (Å²) in [6, 6.07) is 12.8. The quantitative estimate of drug-likeness (QED) is 0.782. The highest BCUT2D eigenvalue weighted by atomic mass is 35.5. The molecule has 1 atom stereocenters. The average molecular weight is 405 g/mol. The summed E-state index contributed by atoms with van der Waals surface area (Å²) in [6.45, 7) is 3.41. The fourth-order valence-electron chi connectivity index (χ4n) is 3.20. The minimum Gasteiger partial charge on any atom is -0.481 e. The van der Waals surface area contributed by atoms with E-state index in [9.17, 15) is 14.0 Å². The molecule has 1 aliphatic rings. The van der Waals surface area contributed by atoms with Crippen LogP contribution in [0, 0.1) is 5.82 Å². The molecule has 2 amide bonds. The first kappa shape index (κ1) is 20.1. The number of ether oxygens (including phenoxy) is 1. The first-order valence-corrected chi connectivity index (χ1v) is 9.58. The summed E-state index contributed by atoms with van der Waals surface area (Å²) < 4.78 is 19.6. The van der Waals surface area contributed by atoms with Gasteiger partial charge in [-0.25, -0.2) is 4.39 Å². The van der Waals surface area contributed by atoms with Crippen molar-refractivity contribution in [3.8, 4) is 5.75 Å². The van der Waals surface area contributed by atoms with Gasteiger partial charge in [-0.1, -0.05) is 29.8 Å². The molecule has 0 aliphatic carbocycles. The van der Waals surface area contributed by atoms with Gasteiger partial charge >= 0.3 is 0 Å². The monoisotopic (exact) mass is 404 g/mol. The summed E-state index contributed by atoms with van der Waals surface area (Å²) in [4.78, 5) is 28.6. The number of halogens is 2. The van der Waals surface area contributed by atoms with Gasteiger partial charge < -0.3 is 14.5 Å². The molecule has 3 rings (SSSR count). The van der Waals surface area contributed by atoms with Crippen LogP contribution in [-0.4, -0.2) is 53.9 Å². The van der Waals surface area contributed by atoms with Crippen molar-refractivity contribution in [2.45, 2.75) is 19.4 Å². The molecule has 0 saturated carbocycles. The molecule has 28 heavy (non-hydrogen) atoms. The molecule has 0 spiro atoms. The number of hydrogen-bond acceptors (Lipinski definition) is 3. The van der Waals surface area contributed by atoms with Gasteiger partial charge in [-0.05, 0) is 43.7 Å². The second kappa shape index (κ2) is 9.06. The van der Waals surface area contributed by atoms with Crippen LogP contribution in [0.15, 0.2) is 48.5 Å². The smallest absolute Gasteiger partial charge is 0.263 e. The average Bonchev–Trinajstić information content (AvgIpc) is 2.93. The minimum atomic E-state index is -0.674. The van der Waals surface area contributed by atoms with Crippen LogP contribution in [0.1, 0.15) is 23.7 Å². The Balaban J connectivity index is 1.60. The molecule has 1 fully saturated rings. The van der Waals surface area contributed by atoms with Crippen LogP contribution in [0.5, 0.6) is 5.75 Å². The van der Waals surface area contributed by atoms with Crippen molar-refractivity contribution in [1.29, 1.82) is 0 Å². The Kier molecular flexibility index (Phi) is 6.52. The topological polar surface area (TPSA) is 49.9 Å². The Labute approximate surface area is 168 Å². The van der Waals surface area contributed by atoms with Crippen LogP contribution in [0.25, 0.3) is 0 Å². The van der Waals surface area contributed by atoms with E-state index >= 15 is 0 Å². The molecule has 1 heterocycles. The number of hydrogen-bond donors (Lipinski definition) is 0. The zero-order valence-corrected chi connectivity index (χ0v) is 16.4. The Bertz CT molecular complexity index is 861. The van der Waals surface area contributed by atoms with E-state index in [0.29, 0.717) is 43.4 Å². The Morgan fingerprint density at radius 2 is 1.75 bits per heavy atom. The number of rotatable bonds is 4. The lowest BCUT2D eigenvalue weighted by Crippen LogP contribution is -2.43. The van der Waals surface area contributed by atoms with Crippen LogP contribution in [0.2, 0.25) is 5.02 Å². The summed E-state index contributed by atoms with van der Waals surface area (Å²) in [6.07, 6.45) is -0.0530. The summed E-state index contributed by atoms with van der Waals surface area (Å²) in [5.41, 5.74) is 0.0555. The van der Waals surface area contributed by atoms with E-state index in [1.165, 1.54) is 12.1 Å². The van der Waals surface area contributed by atoms with Crippen LogP contribution < -0.4 is 4.74 Å². The maximum Gasteiger partial charge on any atom is 0.263 e. The third-order valence-corrected chi connectivity index (χ3v) is 4.89. The molecule has 0 radical (unpaired) electrons. The Hall–Kier alpha value is -2.60. The van der Waals surface area contributed by atoms with Gasteiger partial charge in [-0.15, -0.1) is 0 Å². The molecule has 1 saturated heterocycles. The predicted molar refractivity (Wildman–Crippen MR) is 105 cm³/mol. The van der Waals surface area contributed by atoms with E-state index < -0.39 is 11.9 Å². The first-order valence-electron chi connectivity index (χ1n) is 9.20. The van der Waals surface area contributed by atoms with Crippen molar-refractivity contribution in [2.24, 2.45) is 0 Å². The SMILES string of the molecule is CC(Oc1cccc(Cl)c1)C(=O)N1CCCN(C(=O)c2ccccc2F)CC1. The second-order valence-corrected chi connectivity index (χ2v) is 7.10. The third-order valence-electron chi connectivity index (χ3n) is 4.66. The van der Waals surface area contributed by atoms with Crippen molar-refractivity contribution in [2.75, 3.05) is 26.2 Å². The van der Waals surface area contributed by atoms with Gasteiger partial charge in [-0.3, -0.25) is 9.59 Å². The van der Waals surface area contributed by atoms with E-state index in [0.717, 1.165) is 0 Å². The van der Waals surface area contributed by atoms with Crippen LogP contribution in [-0.2, 0) is 4.79 Å². The van der Waals surface area contributed by atoms with Gasteiger partial charge in [0, 0.05) is 31.2 Å². The standard InChI is InChI=1S/C21H22ClFN2O3/c1-15(28-17-7-4-6-16(22)14-17)20(26)24-10-5-11-25(13-12-24)21(27)18-8-2-3-9-19(18)23/h2-4,6-9,14-15H,5,10-13H2,1H3. The fraction of sp³-hybridized carbons (Fsp3) is 0.333. The Morgan fingerprint density at radius 3 is 2.50 bits per heavy atom. The summed E-state index contributed by atoms with van der Waals surface area (Å²) >= 11 is 5.95. The summed E-state index contributed by atoms with van der Waals surface area (Å²) in [5.74, 6) is -0.511. The Morgan fingerprint density at radius 1 is 1.04 bits per heavy atom. The van der Waals surface area contributed by atoms with Gasteiger partial charge in [-0.2, -0.15) is 0 Å². The lowest BCUT2D eigenvalue weighted by atomic mass is 10.2. The van der Waals surface area contributed by atoms with E-state index in [1.54, 1.807) is 53.1 Å². The highest BCUT2D eigenvalue weighted by Crippen LogP contribution is 2.19. The van der Waals surface area contributed by atoms with E-state index in [1.807, 2.05) is 0 Å². The lowest BCUT2D eigenvalue weighted by molar-refractivity contribution is -0.137. The zero-order valence-electron chi connectivity index (χ0n) is 15.6. The van der Waals surface area contributed by atoms with Crippen LogP contribution in [0.4, 0.5) is 4.39 Å². The molecule has 1 unspecified atom stereocenters. The molecule has 0 bridgehead atoms. The van der Waals surface area contributed by atoms with Crippen molar-refractivity contribution < 1.29 is 18.7 Å². The number of benzene rings is 2. The van der Waals surface area contributed by atoms with E-state index in [-0.39, 0.29) is 17.4 Å². The molecule has 2 aromatic rings. The summed E-state index contributed by atoms with van der Waals surface area (Å²) in [5, 5.41) is 0.536. The van der Waals surface area contributed by atoms with E-state index in [4.69, 9.17) is 16.3 Å². The maximum atomic E-state index is 13.9. The van der Waals surface area contributed by atoms with Gasteiger partial charge in [0.25, 0.3) is 11.8 Å². The third kappa shape index (κ3) is 4.81. The molecule has 148 valence electrons. The van der Waals surface area contributed by atoms with Crippen molar-refractivity contribution >= 4 is 23.4 Å². The number of carbonyl (C=O) groups is 2. The van der Waals surface area contributed by atoms with Gasteiger partial charge in [0.05, 0.1) is 5.56 Å². The molecule has 0 N–H and O–H groups in total. The summed E-state index contributed by atoms with van der Waals surface area (Å²) in [7, 11) is 0. The highest BCUT2D eigenvalue weighted by molar-refractivity contribution is 6.30. The van der Waals surface area contributed by atoms with Crippen molar-refractivity contribution in [3.63, 3.8) is 0 Å². The number of carbonyl (C=O) groups excluding carboxylic acids is 2. The predicted octanol–water partition coefficient (Wildman–Crippen LogP) is 3.62. The van der Waals surface area contributed by atoms with Crippen LogP contribution >= 0.6 is 11.6 Å². The number of amides is 2. The van der Waals surface area contributed by atoms with Crippen molar-refractivity contribution in [1.82, 2.24) is 9.80 Å². The second-order valence-electron chi connectivity index (χ2n) is 6.67. The number of nitrogens with zero attached hydrogens (tertiary/aromatic N) is 2. The normalized spacial score (nSPS) is 15.7. The lowest BCUT2D eigenvalue weighted by Gasteiger charge is -2.25. The maximum absolute atomic E-state index is 13.9. The van der Waals surface area contributed by atoms with Crippen LogP contribution in [0.3, 0.4) is 0 Å². The minimum absolute atomic E-state index is 0.0555. The molecule has 7 heteroatoms. The van der Waals surface area contributed by atoms with Gasteiger partial charge in [0.15, 0.2) is 6.10 Å². The van der Waals surface area contributed by atoms with Crippen molar-refractivity contribution in [3.05, 3.63) is 64.9 Å². The van der Waals surface area contributed by atoms with E-state index in [2.05, 4.69) is 0 Å². The molecular weight excluding hydrogens is 383 g/mol. The molecule has 1 aliphatic heterocycles. The van der Waals surface area contributed by atoms with Gasteiger partial charge in [0.1, 0.15) is 11.6 Å².